The first-order chi connectivity index (χ1) is 13.5. The van der Waals surface area contributed by atoms with Crippen molar-refractivity contribution in [1.82, 2.24) is 10.6 Å². The molecule has 0 spiro atoms. The number of alkyl carbamates (subject to hydrolysis) is 1. The van der Waals surface area contributed by atoms with E-state index in [0.29, 0.717) is 0 Å². The molecular formula is C21H23BrN2O4. The van der Waals surface area contributed by atoms with Gasteiger partial charge in [0.1, 0.15) is 12.6 Å². The van der Waals surface area contributed by atoms with Gasteiger partial charge in [-0.2, -0.15) is 0 Å². The van der Waals surface area contributed by atoms with E-state index in [1.54, 1.807) is 6.92 Å². The fourth-order valence-electron chi connectivity index (χ4n) is 2.48. The zero-order chi connectivity index (χ0) is 20.4. The zero-order valence-electron chi connectivity index (χ0n) is 15.6. The lowest BCUT2D eigenvalue weighted by Gasteiger charge is -2.20. The molecule has 0 aliphatic carbocycles. The Balaban J connectivity index is 2.01. The number of benzene rings is 2. The molecule has 0 unspecified atom stereocenters. The molecule has 0 aliphatic heterocycles. The number of amides is 2. The molecule has 6 nitrogen and oxygen atoms in total. The van der Waals surface area contributed by atoms with Crippen LogP contribution in [0.1, 0.15) is 18.1 Å². The van der Waals surface area contributed by atoms with Crippen LogP contribution in [-0.2, 0) is 27.4 Å². The van der Waals surface area contributed by atoms with Gasteiger partial charge in [0.05, 0.1) is 11.4 Å². The van der Waals surface area contributed by atoms with Crippen LogP contribution in [0.3, 0.4) is 0 Å². The fraction of sp³-hybridized carbons (Fsp3) is 0.286. The number of hydrogen-bond acceptors (Lipinski definition) is 4. The molecule has 0 saturated heterocycles. The van der Waals surface area contributed by atoms with Gasteiger partial charge >= 0.3 is 6.09 Å². The summed E-state index contributed by atoms with van der Waals surface area (Å²) < 4.78 is 5.22. The molecule has 2 aromatic rings. The van der Waals surface area contributed by atoms with Crippen LogP contribution >= 0.6 is 15.9 Å². The number of hydrogen-bond donors (Lipinski definition) is 2. The number of carbonyl (C=O) groups excluding carboxylic acids is 3. The third kappa shape index (κ3) is 7.15. The van der Waals surface area contributed by atoms with Crippen LogP contribution in [0, 0.1) is 0 Å². The van der Waals surface area contributed by atoms with Gasteiger partial charge in [0.25, 0.3) is 0 Å². The SMILES string of the molecule is C[C@H](NC(=O)[C@H](Cc1ccccc1)NC(=O)OCc1ccccc1)C(=O)CBr. The Morgan fingerprint density at radius 1 is 0.929 bits per heavy atom. The highest BCUT2D eigenvalue weighted by molar-refractivity contribution is 9.09. The van der Waals surface area contributed by atoms with E-state index in [-0.39, 0.29) is 24.1 Å². The summed E-state index contributed by atoms with van der Waals surface area (Å²) in [7, 11) is 0. The third-order valence-corrected chi connectivity index (χ3v) is 4.63. The summed E-state index contributed by atoms with van der Waals surface area (Å²) in [4.78, 5) is 36.6. The second kappa shape index (κ2) is 11.2. The Morgan fingerprint density at radius 2 is 1.50 bits per heavy atom. The normalized spacial score (nSPS) is 12.5. The van der Waals surface area contributed by atoms with E-state index in [0.717, 1.165) is 11.1 Å². The Morgan fingerprint density at radius 3 is 2.07 bits per heavy atom. The molecule has 7 heteroatoms. The van der Waals surface area contributed by atoms with E-state index in [4.69, 9.17) is 4.74 Å². The standard InChI is InChI=1S/C21H23BrN2O4/c1-15(19(25)13-22)23-20(26)18(12-16-8-4-2-5-9-16)24-21(27)28-14-17-10-6-3-7-11-17/h2-11,15,18H,12-14H2,1H3,(H,23,26)(H,24,27)/t15-,18-/m0/s1. The Labute approximate surface area is 172 Å². The van der Waals surface area contributed by atoms with Gasteiger partial charge in [-0.25, -0.2) is 4.79 Å². The maximum absolute atomic E-state index is 12.6. The first-order valence-corrected chi connectivity index (χ1v) is 10.0. The highest BCUT2D eigenvalue weighted by Crippen LogP contribution is 2.06. The number of ketones is 1. The number of rotatable bonds is 9. The van der Waals surface area contributed by atoms with E-state index in [2.05, 4.69) is 26.6 Å². The van der Waals surface area contributed by atoms with Gasteiger partial charge in [-0.05, 0) is 18.1 Å². The molecule has 0 saturated carbocycles. The van der Waals surface area contributed by atoms with Gasteiger partial charge in [0.2, 0.25) is 5.91 Å². The van der Waals surface area contributed by atoms with Crippen LogP contribution in [0.4, 0.5) is 4.79 Å². The highest BCUT2D eigenvalue weighted by Gasteiger charge is 2.25. The van der Waals surface area contributed by atoms with Crippen molar-refractivity contribution in [1.29, 1.82) is 0 Å². The van der Waals surface area contributed by atoms with Gasteiger partial charge < -0.3 is 15.4 Å². The van der Waals surface area contributed by atoms with E-state index < -0.39 is 24.1 Å². The van der Waals surface area contributed by atoms with E-state index in [1.165, 1.54) is 0 Å². The quantitative estimate of drug-likeness (QED) is 0.579. The minimum Gasteiger partial charge on any atom is -0.445 e. The topological polar surface area (TPSA) is 84.5 Å². The summed E-state index contributed by atoms with van der Waals surface area (Å²) in [5, 5.41) is 5.39. The molecule has 0 bridgehead atoms. The maximum Gasteiger partial charge on any atom is 0.408 e. The van der Waals surface area contributed by atoms with Gasteiger partial charge in [0.15, 0.2) is 5.78 Å². The predicted molar refractivity (Wildman–Crippen MR) is 110 cm³/mol. The summed E-state index contributed by atoms with van der Waals surface area (Å²) in [5.74, 6) is -0.597. The molecule has 2 N–H and O–H groups in total. The Bertz CT molecular complexity index is 784. The molecule has 0 aromatic heterocycles. The van der Waals surface area contributed by atoms with E-state index in [1.807, 2.05) is 60.7 Å². The van der Waals surface area contributed by atoms with Gasteiger partial charge in [-0.1, -0.05) is 76.6 Å². The van der Waals surface area contributed by atoms with Crippen molar-refractivity contribution >= 4 is 33.7 Å². The summed E-state index contributed by atoms with van der Waals surface area (Å²) in [6, 6.07) is 17.1. The molecule has 28 heavy (non-hydrogen) atoms. The molecule has 0 fully saturated rings. The average molecular weight is 447 g/mol. The molecule has 2 aromatic carbocycles. The van der Waals surface area contributed by atoms with Crippen LogP contribution in [-0.4, -0.2) is 35.2 Å². The predicted octanol–water partition coefficient (Wildman–Crippen LogP) is 2.99. The van der Waals surface area contributed by atoms with E-state index in [9.17, 15) is 14.4 Å². The second-order valence-corrected chi connectivity index (χ2v) is 6.84. The molecule has 0 aliphatic rings. The minimum absolute atomic E-state index is 0.102. The molecular weight excluding hydrogens is 424 g/mol. The first-order valence-electron chi connectivity index (χ1n) is 8.89. The Hall–Kier alpha value is -2.67. The van der Waals surface area contributed by atoms with Crippen molar-refractivity contribution in [2.45, 2.75) is 32.0 Å². The summed E-state index contributed by atoms with van der Waals surface area (Å²) >= 11 is 3.09. The number of nitrogens with one attached hydrogen (secondary N) is 2. The summed E-state index contributed by atoms with van der Waals surface area (Å²) in [6.07, 6.45) is -0.415. The van der Waals surface area contributed by atoms with Crippen molar-refractivity contribution in [3.63, 3.8) is 0 Å². The lowest BCUT2D eigenvalue weighted by molar-refractivity contribution is -0.127. The van der Waals surface area contributed by atoms with E-state index >= 15 is 0 Å². The number of alkyl halides is 1. The average Bonchev–Trinajstić information content (AvgIpc) is 2.72. The van der Waals surface area contributed by atoms with Crippen molar-refractivity contribution < 1.29 is 19.1 Å². The zero-order valence-corrected chi connectivity index (χ0v) is 17.1. The van der Waals surface area contributed by atoms with Crippen LogP contribution in [0.25, 0.3) is 0 Å². The monoisotopic (exact) mass is 446 g/mol. The lowest BCUT2D eigenvalue weighted by atomic mass is 10.0. The molecule has 2 atom stereocenters. The van der Waals surface area contributed by atoms with Crippen molar-refractivity contribution in [3.8, 4) is 0 Å². The highest BCUT2D eigenvalue weighted by atomic mass is 79.9. The minimum atomic E-state index is -0.865. The van der Waals surface area contributed by atoms with Crippen molar-refractivity contribution in [3.05, 3.63) is 71.8 Å². The molecule has 148 valence electrons. The number of carbonyl (C=O) groups is 3. The molecule has 2 amide bonds. The van der Waals surface area contributed by atoms with Gasteiger partial charge in [-0.15, -0.1) is 0 Å². The Kier molecular flexibility index (Phi) is 8.68. The third-order valence-electron chi connectivity index (χ3n) is 4.08. The molecule has 2 rings (SSSR count). The number of ether oxygens (including phenoxy) is 1. The van der Waals surface area contributed by atoms with Crippen molar-refractivity contribution in [2.75, 3.05) is 5.33 Å². The second-order valence-electron chi connectivity index (χ2n) is 6.28. The number of halogens is 1. The van der Waals surface area contributed by atoms with Crippen LogP contribution in [0.5, 0.6) is 0 Å². The first kappa shape index (κ1) is 21.6. The smallest absolute Gasteiger partial charge is 0.408 e. The summed E-state index contributed by atoms with van der Waals surface area (Å²) in [5.41, 5.74) is 1.73. The van der Waals surface area contributed by atoms with Gasteiger partial charge in [0, 0.05) is 6.42 Å². The lowest BCUT2D eigenvalue weighted by Crippen LogP contribution is -2.52. The van der Waals surface area contributed by atoms with Crippen molar-refractivity contribution in [2.24, 2.45) is 0 Å². The summed E-state index contributed by atoms with van der Waals surface area (Å²) in [6.45, 7) is 1.71. The van der Waals surface area contributed by atoms with Crippen LogP contribution < -0.4 is 10.6 Å². The van der Waals surface area contributed by atoms with Crippen LogP contribution in [0.15, 0.2) is 60.7 Å². The van der Waals surface area contributed by atoms with Crippen LogP contribution in [0.2, 0.25) is 0 Å². The number of Topliss-reactive ketones (excluding diaryl/α,β-unsaturated/α-hetero) is 1. The van der Waals surface area contributed by atoms with Gasteiger partial charge in [-0.3, -0.25) is 9.59 Å². The molecule has 0 radical (unpaired) electrons. The fourth-order valence-corrected chi connectivity index (χ4v) is 2.96. The molecule has 0 heterocycles. The maximum atomic E-state index is 12.6. The largest absolute Gasteiger partial charge is 0.445 e.